The summed E-state index contributed by atoms with van der Waals surface area (Å²) in [5, 5.41) is 6.82. The lowest BCUT2D eigenvalue weighted by atomic mass is 10.1. The van der Waals surface area contributed by atoms with Crippen LogP contribution in [0, 0.1) is 0 Å². The molecule has 1 saturated heterocycles. The highest BCUT2D eigenvalue weighted by Gasteiger charge is 2.16. The fourth-order valence-corrected chi connectivity index (χ4v) is 2.95. The molecule has 1 aliphatic heterocycles. The van der Waals surface area contributed by atoms with Crippen molar-refractivity contribution in [2.24, 2.45) is 0 Å². The topological polar surface area (TPSA) is 93.2 Å². The minimum Gasteiger partial charge on any atom is -0.382 e. The number of rotatable bonds is 3. The lowest BCUT2D eigenvalue weighted by Gasteiger charge is -2.24. The molecule has 4 N–H and O–H groups in total. The molecular weight excluding hydrogens is 290 g/mol. The number of hydrogen-bond donors (Lipinski definition) is 3. The zero-order valence-corrected chi connectivity index (χ0v) is 12.7. The van der Waals surface area contributed by atoms with Crippen LogP contribution in [0.2, 0.25) is 0 Å². The van der Waals surface area contributed by atoms with Crippen LogP contribution >= 0.6 is 0 Å². The molecule has 0 radical (unpaired) electrons. The molecule has 0 bridgehead atoms. The summed E-state index contributed by atoms with van der Waals surface area (Å²) >= 11 is 0. The van der Waals surface area contributed by atoms with Gasteiger partial charge in [-0.25, -0.2) is 15.0 Å². The van der Waals surface area contributed by atoms with E-state index >= 15 is 0 Å². The second-order valence-electron chi connectivity index (χ2n) is 5.75. The lowest BCUT2D eigenvalue weighted by molar-refractivity contribution is 0.479. The van der Waals surface area contributed by atoms with Crippen molar-refractivity contribution in [1.29, 1.82) is 0 Å². The number of nitrogens with two attached hydrogens (primary N) is 1. The highest BCUT2D eigenvalue weighted by Crippen LogP contribution is 2.24. The molecule has 0 aliphatic carbocycles. The number of nitrogens with one attached hydrogen (secondary N) is 2. The number of pyridine rings is 1. The second-order valence-corrected chi connectivity index (χ2v) is 5.75. The fourth-order valence-electron chi connectivity index (χ4n) is 2.95. The largest absolute Gasteiger partial charge is 0.382 e. The molecular formula is C16H19N7. The average Bonchev–Trinajstić information content (AvgIpc) is 3.01. The molecule has 0 aromatic carbocycles. The summed E-state index contributed by atoms with van der Waals surface area (Å²) in [4.78, 5) is 13.4. The number of fused-ring (bicyclic) bond motifs is 1. The Hall–Kier alpha value is -2.67. The maximum atomic E-state index is 6.05. The van der Waals surface area contributed by atoms with E-state index in [0.29, 0.717) is 17.6 Å². The van der Waals surface area contributed by atoms with Crippen molar-refractivity contribution in [2.45, 2.75) is 18.9 Å². The van der Waals surface area contributed by atoms with Crippen LogP contribution in [0.4, 0.5) is 11.6 Å². The van der Waals surface area contributed by atoms with Gasteiger partial charge in [0.2, 0.25) is 0 Å². The Morgan fingerprint density at radius 3 is 3.09 bits per heavy atom. The molecule has 7 nitrogen and oxygen atoms in total. The Kier molecular flexibility index (Phi) is 3.55. The van der Waals surface area contributed by atoms with E-state index in [4.69, 9.17) is 5.73 Å². The zero-order valence-electron chi connectivity index (χ0n) is 12.7. The molecule has 1 aliphatic rings. The molecule has 3 aromatic heterocycles. The Balaban J connectivity index is 1.69. The number of anilines is 2. The number of hydrogen-bond acceptors (Lipinski definition) is 6. The van der Waals surface area contributed by atoms with Crippen molar-refractivity contribution < 1.29 is 0 Å². The van der Waals surface area contributed by atoms with Crippen LogP contribution in [0.25, 0.3) is 17.0 Å². The summed E-state index contributed by atoms with van der Waals surface area (Å²) in [6.07, 6.45) is 7.71. The highest BCUT2D eigenvalue weighted by atomic mass is 15.1. The SMILES string of the molecule is Nc1ncc(N[C@@H]2CCCNC2)nc1-c1cnc2ccccn12. The molecule has 0 spiro atoms. The van der Waals surface area contributed by atoms with E-state index in [0.717, 1.165) is 36.7 Å². The number of imidazole rings is 1. The van der Waals surface area contributed by atoms with Gasteiger partial charge in [-0.2, -0.15) is 0 Å². The van der Waals surface area contributed by atoms with Gasteiger partial charge in [-0.1, -0.05) is 6.07 Å². The highest BCUT2D eigenvalue weighted by molar-refractivity contribution is 5.70. The van der Waals surface area contributed by atoms with Crippen LogP contribution in [0.1, 0.15) is 12.8 Å². The first-order chi connectivity index (χ1) is 11.3. The van der Waals surface area contributed by atoms with Crippen molar-refractivity contribution in [3.63, 3.8) is 0 Å². The fraction of sp³-hybridized carbons (Fsp3) is 0.312. The quantitative estimate of drug-likeness (QED) is 0.679. The predicted molar refractivity (Wildman–Crippen MR) is 90.1 cm³/mol. The summed E-state index contributed by atoms with van der Waals surface area (Å²) in [6.45, 7) is 2.02. The van der Waals surface area contributed by atoms with Crippen molar-refractivity contribution in [1.82, 2.24) is 24.7 Å². The maximum absolute atomic E-state index is 6.05. The molecule has 23 heavy (non-hydrogen) atoms. The van der Waals surface area contributed by atoms with Gasteiger partial charge in [-0.05, 0) is 31.5 Å². The lowest BCUT2D eigenvalue weighted by Crippen LogP contribution is -2.38. The van der Waals surface area contributed by atoms with Crippen LogP contribution in [-0.2, 0) is 0 Å². The van der Waals surface area contributed by atoms with E-state index in [2.05, 4.69) is 25.6 Å². The van der Waals surface area contributed by atoms with Crippen molar-refractivity contribution in [2.75, 3.05) is 24.1 Å². The third-order valence-electron chi connectivity index (χ3n) is 4.11. The first kappa shape index (κ1) is 14.0. The van der Waals surface area contributed by atoms with Gasteiger partial charge in [-0.3, -0.25) is 4.40 Å². The van der Waals surface area contributed by atoms with Crippen molar-refractivity contribution in [3.8, 4) is 11.4 Å². The summed E-state index contributed by atoms with van der Waals surface area (Å²) < 4.78 is 1.96. The molecule has 3 aromatic rings. The van der Waals surface area contributed by atoms with Gasteiger partial charge in [0, 0.05) is 18.8 Å². The third kappa shape index (κ3) is 2.70. The molecule has 1 fully saturated rings. The summed E-state index contributed by atoms with van der Waals surface area (Å²) in [5.74, 6) is 1.15. The Morgan fingerprint density at radius 2 is 2.22 bits per heavy atom. The van der Waals surface area contributed by atoms with Crippen LogP contribution in [0.5, 0.6) is 0 Å². The monoisotopic (exact) mass is 309 g/mol. The van der Waals surface area contributed by atoms with Gasteiger partial charge in [0.1, 0.15) is 17.2 Å². The van der Waals surface area contributed by atoms with Gasteiger partial charge in [0.15, 0.2) is 5.82 Å². The summed E-state index contributed by atoms with van der Waals surface area (Å²) in [5.41, 5.74) is 8.40. The molecule has 4 heterocycles. The van der Waals surface area contributed by atoms with Gasteiger partial charge in [-0.15, -0.1) is 0 Å². The van der Waals surface area contributed by atoms with E-state index in [1.807, 2.05) is 28.8 Å². The van der Waals surface area contributed by atoms with E-state index in [-0.39, 0.29) is 0 Å². The summed E-state index contributed by atoms with van der Waals surface area (Å²) in [6, 6.07) is 6.23. The molecule has 7 heteroatoms. The molecule has 118 valence electrons. The van der Waals surface area contributed by atoms with E-state index in [1.165, 1.54) is 6.42 Å². The Labute approximate surface area is 134 Å². The minimum absolute atomic E-state index is 0.372. The van der Waals surface area contributed by atoms with Crippen molar-refractivity contribution >= 4 is 17.3 Å². The smallest absolute Gasteiger partial charge is 0.151 e. The molecule has 0 amide bonds. The number of nitrogens with zero attached hydrogens (tertiary/aromatic N) is 4. The van der Waals surface area contributed by atoms with E-state index in [1.54, 1.807) is 12.4 Å². The minimum atomic E-state index is 0.372. The molecule has 0 saturated carbocycles. The molecule has 4 rings (SSSR count). The molecule has 1 atom stereocenters. The second kappa shape index (κ2) is 5.85. The Bertz CT molecular complexity index is 820. The maximum Gasteiger partial charge on any atom is 0.151 e. The first-order valence-corrected chi connectivity index (χ1v) is 7.83. The van der Waals surface area contributed by atoms with Crippen LogP contribution in [0.15, 0.2) is 36.8 Å². The predicted octanol–water partition coefficient (Wildman–Crippen LogP) is 1.54. The standard InChI is InChI=1S/C16H19N7/c17-16-15(12-9-19-14-5-1-2-7-23(12)14)22-13(10-20-16)21-11-4-3-6-18-8-11/h1-2,5,7,9-11,18H,3-4,6,8H2,(H2,17,20)(H,21,22)/t11-/m1/s1. The number of nitrogen functional groups attached to an aromatic ring is 1. The van der Waals surface area contributed by atoms with Gasteiger partial charge in [0.25, 0.3) is 0 Å². The van der Waals surface area contributed by atoms with E-state index in [9.17, 15) is 0 Å². The van der Waals surface area contributed by atoms with E-state index < -0.39 is 0 Å². The third-order valence-corrected chi connectivity index (χ3v) is 4.11. The van der Waals surface area contributed by atoms with Crippen LogP contribution in [-0.4, -0.2) is 38.5 Å². The normalized spacial score (nSPS) is 18.2. The van der Waals surface area contributed by atoms with Gasteiger partial charge in [0.05, 0.1) is 18.1 Å². The zero-order chi connectivity index (χ0) is 15.6. The first-order valence-electron chi connectivity index (χ1n) is 7.83. The van der Waals surface area contributed by atoms with Crippen LogP contribution < -0.4 is 16.4 Å². The molecule has 0 unspecified atom stereocenters. The number of aromatic nitrogens is 4. The van der Waals surface area contributed by atoms with Gasteiger partial charge < -0.3 is 16.4 Å². The van der Waals surface area contributed by atoms with Gasteiger partial charge >= 0.3 is 0 Å². The summed E-state index contributed by atoms with van der Waals surface area (Å²) in [7, 11) is 0. The Morgan fingerprint density at radius 1 is 1.26 bits per heavy atom. The number of piperidine rings is 1. The average molecular weight is 309 g/mol. The van der Waals surface area contributed by atoms with Crippen LogP contribution in [0.3, 0.4) is 0 Å². The van der Waals surface area contributed by atoms with Crippen molar-refractivity contribution in [3.05, 3.63) is 36.8 Å².